The van der Waals surface area contributed by atoms with Gasteiger partial charge in [0.25, 0.3) is 0 Å². The number of halogens is 2. The summed E-state index contributed by atoms with van der Waals surface area (Å²) < 4.78 is 0. The van der Waals surface area contributed by atoms with E-state index in [1.807, 2.05) is 19.1 Å². The quantitative estimate of drug-likeness (QED) is 0.920. The van der Waals surface area contributed by atoms with Gasteiger partial charge in [0.1, 0.15) is 5.78 Å². The Labute approximate surface area is 118 Å². The zero-order valence-corrected chi connectivity index (χ0v) is 11.9. The first-order valence-electron chi connectivity index (χ1n) is 6.29. The van der Waals surface area contributed by atoms with Crippen LogP contribution >= 0.6 is 23.2 Å². The molecule has 0 bridgehead atoms. The number of benzene rings is 1. The number of carbonyl (C=O) groups is 1. The van der Waals surface area contributed by atoms with E-state index < -0.39 is 0 Å². The fraction of sp³-hybridized carbons (Fsp3) is 0.500. The third-order valence-corrected chi connectivity index (χ3v) is 4.52. The number of hydrogen-bond acceptors (Lipinski definition) is 2. The van der Waals surface area contributed by atoms with Gasteiger partial charge >= 0.3 is 0 Å². The van der Waals surface area contributed by atoms with Gasteiger partial charge < -0.3 is 5.32 Å². The molecular formula is C14H17Cl2NO. The summed E-state index contributed by atoms with van der Waals surface area (Å²) in [5, 5.41) is 4.36. The molecule has 0 aliphatic carbocycles. The van der Waals surface area contributed by atoms with Gasteiger partial charge in [-0.05, 0) is 43.6 Å². The van der Waals surface area contributed by atoms with Crippen LogP contribution in [0.25, 0.3) is 0 Å². The van der Waals surface area contributed by atoms with E-state index in [-0.39, 0.29) is 5.41 Å². The second kappa shape index (κ2) is 5.60. The zero-order valence-electron chi connectivity index (χ0n) is 10.4. The topological polar surface area (TPSA) is 29.1 Å². The molecule has 4 heteroatoms. The molecule has 1 heterocycles. The zero-order chi connectivity index (χ0) is 13.2. The fourth-order valence-electron chi connectivity index (χ4n) is 2.71. The Morgan fingerprint density at radius 2 is 1.94 bits per heavy atom. The maximum Gasteiger partial charge on any atom is 0.143 e. The van der Waals surface area contributed by atoms with Crippen molar-refractivity contribution in [3.8, 4) is 0 Å². The number of hydrogen-bond donors (Lipinski definition) is 1. The average Bonchev–Trinajstić information content (AvgIpc) is 2.41. The number of ketones is 1. The maximum absolute atomic E-state index is 12.4. The highest BCUT2D eigenvalue weighted by Gasteiger charge is 2.39. The van der Waals surface area contributed by atoms with Gasteiger partial charge in [-0.25, -0.2) is 0 Å². The Hall–Kier alpha value is -0.570. The minimum Gasteiger partial charge on any atom is -0.317 e. The van der Waals surface area contributed by atoms with Crippen molar-refractivity contribution in [2.24, 2.45) is 0 Å². The van der Waals surface area contributed by atoms with Gasteiger partial charge in [0.15, 0.2) is 0 Å². The Balaban J connectivity index is 2.45. The smallest absolute Gasteiger partial charge is 0.143 e. The molecule has 1 fully saturated rings. The Bertz CT molecular complexity index is 453. The molecule has 0 amide bonds. The lowest BCUT2D eigenvalue weighted by molar-refractivity contribution is -0.125. The van der Waals surface area contributed by atoms with Crippen molar-refractivity contribution in [3.05, 3.63) is 33.8 Å². The van der Waals surface area contributed by atoms with Crippen molar-refractivity contribution < 1.29 is 4.79 Å². The molecule has 0 spiro atoms. The Morgan fingerprint density at radius 1 is 1.28 bits per heavy atom. The molecule has 18 heavy (non-hydrogen) atoms. The van der Waals surface area contributed by atoms with Crippen LogP contribution in [-0.2, 0) is 10.2 Å². The van der Waals surface area contributed by atoms with Gasteiger partial charge in [-0.1, -0.05) is 36.2 Å². The predicted octanol–water partition coefficient (Wildman–Crippen LogP) is 3.59. The van der Waals surface area contributed by atoms with Crippen LogP contribution in [0.15, 0.2) is 18.2 Å². The van der Waals surface area contributed by atoms with E-state index >= 15 is 0 Å². The van der Waals surface area contributed by atoms with E-state index in [9.17, 15) is 4.79 Å². The van der Waals surface area contributed by atoms with E-state index in [1.54, 1.807) is 6.07 Å². The highest BCUT2D eigenvalue weighted by atomic mass is 35.5. The SMILES string of the molecule is CCC(=O)C1(c2ccc(Cl)c(Cl)c2)CCNCC1. The third-order valence-electron chi connectivity index (χ3n) is 3.78. The molecule has 0 atom stereocenters. The summed E-state index contributed by atoms with van der Waals surface area (Å²) >= 11 is 12.0. The van der Waals surface area contributed by atoms with Gasteiger partial charge in [-0.2, -0.15) is 0 Å². The van der Waals surface area contributed by atoms with Crippen LogP contribution in [-0.4, -0.2) is 18.9 Å². The molecular weight excluding hydrogens is 269 g/mol. The first kappa shape index (κ1) is 13.9. The van der Waals surface area contributed by atoms with Crippen molar-refractivity contribution in [1.29, 1.82) is 0 Å². The van der Waals surface area contributed by atoms with Gasteiger partial charge in [-0.3, -0.25) is 4.79 Å². The van der Waals surface area contributed by atoms with Crippen molar-refractivity contribution in [2.75, 3.05) is 13.1 Å². The summed E-state index contributed by atoms with van der Waals surface area (Å²) in [6, 6.07) is 5.57. The molecule has 2 nitrogen and oxygen atoms in total. The van der Waals surface area contributed by atoms with Crippen LogP contribution < -0.4 is 5.32 Å². The lowest BCUT2D eigenvalue weighted by atomic mass is 9.69. The monoisotopic (exact) mass is 285 g/mol. The molecule has 1 aliphatic heterocycles. The second-order valence-electron chi connectivity index (χ2n) is 4.74. The molecule has 1 aliphatic rings. The molecule has 2 rings (SSSR count). The number of nitrogens with one attached hydrogen (secondary N) is 1. The second-order valence-corrected chi connectivity index (χ2v) is 5.55. The molecule has 1 aromatic rings. The number of Topliss-reactive ketones (excluding diaryl/α,β-unsaturated/α-hetero) is 1. The highest BCUT2D eigenvalue weighted by Crippen LogP contribution is 2.38. The summed E-state index contributed by atoms with van der Waals surface area (Å²) in [4.78, 5) is 12.4. The van der Waals surface area contributed by atoms with Crippen LogP contribution in [0.2, 0.25) is 10.0 Å². The van der Waals surface area contributed by atoms with Crippen molar-refractivity contribution in [2.45, 2.75) is 31.6 Å². The third kappa shape index (κ3) is 2.42. The summed E-state index contributed by atoms with van der Waals surface area (Å²) in [6.45, 7) is 3.65. The minimum atomic E-state index is -0.381. The molecule has 0 unspecified atom stereocenters. The van der Waals surface area contributed by atoms with E-state index in [0.717, 1.165) is 31.5 Å². The minimum absolute atomic E-state index is 0.294. The number of rotatable bonds is 3. The largest absolute Gasteiger partial charge is 0.317 e. The van der Waals surface area contributed by atoms with Crippen molar-refractivity contribution >= 4 is 29.0 Å². The molecule has 0 saturated carbocycles. The normalized spacial score (nSPS) is 18.6. The standard InChI is InChI=1S/C14H17Cl2NO/c1-2-13(18)14(5-7-17-8-6-14)10-3-4-11(15)12(16)9-10/h3-4,9,17H,2,5-8H2,1H3. The lowest BCUT2D eigenvalue weighted by Crippen LogP contribution is -2.45. The van der Waals surface area contributed by atoms with E-state index in [1.165, 1.54) is 0 Å². The van der Waals surface area contributed by atoms with Gasteiger partial charge in [-0.15, -0.1) is 0 Å². The first-order valence-corrected chi connectivity index (χ1v) is 7.05. The lowest BCUT2D eigenvalue weighted by Gasteiger charge is -2.36. The van der Waals surface area contributed by atoms with Crippen molar-refractivity contribution in [3.63, 3.8) is 0 Å². The molecule has 0 aromatic heterocycles. The number of carbonyl (C=O) groups excluding carboxylic acids is 1. The van der Waals surface area contributed by atoms with Gasteiger partial charge in [0.05, 0.1) is 15.5 Å². The summed E-state index contributed by atoms with van der Waals surface area (Å²) in [7, 11) is 0. The maximum atomic E-state index is 12.4. The van der Waals surface area contributed by atoms with Crippen LogP contribution in [0.5, 0.6) is 0 Å². The fourth-order valence-corrected chi connectivity index (χ4v) is 3.01. The number of piperidine rings is 1. The average molecular weight is 286 g/mol. The van der Waals surface area contributed by atoms with Crippen LogP contribution in [0.3, 0.4) is 0 Å². The Morgan fingerprint density at radius 3 is 2.50 bits per heavy atom. The summed E-state index contributed by atoms with van der Waals surface area (Å²) in [5.41, 5.74) is 0.624. The summed E-state index contributed by atoms with van der Waals surface area (Å²) in [6.07, 6.45) is 2.22. The van der Waals surface area contributed by atoms with Crippen LogP contribution in [0.1, 0.15) is 31.7 Å². The molecule has 1 N–H and O–H groups in total. The Kier molecular flexibility index (Phi) is 4.31. The van der Waals surface area contributed by atoms with Crippen molar-refractivity contribution in [1.82, 2.24) is 5.32 Å². The summed E-state index contributed by atoms with van der Waals surface area (Å²) in [5.74, 6) is 0.294. The molecule has 0 radical (unpaired) electrons. The molecule has 1 saturated heterocycles. The molecule has 1 aromatic carbocycles. The van der Waals surface area contributed by atoms with Gasteiger partial charge in [0.2, 0.25) is 0 Å². The van der Waals surface area contributed by atoms with E-state index in [0.29, 0.717) is 22.2 Å². The van der Waals surface area contributed by atoms with Crippen LogP contribution in [0, 0.1) is 0 Å². The molecule has 98 valence electrons. The van der Waals surface area contributed by atoms with E-state index in [4.69, 9.17) is 23.2 Å². The predicted molar refractivity (Wildman–Crippen MR) is 75.5 cm³/mol. The van der Waals surface area contributed by atoms with Gasteiger partial charge in [0, 0.05) is 6.42 Å². The van der Waals surface area contributed by atoms with Crippen LogP contribution in [0.4, 0.5) is 0 Å². The highest BCUT2D eigenvalue weighted by molar-refractivity contribution is 6.42. The van der Waals surface area contributed by atoms with E-state index in [2.05, 4.69) is 5.32 Å². The first-order chi connectivity index (χ1) is 8.60.